The summed E-state index contributed by atoms with van der Waals surface area (Å²) in [7, 11) is -1.48. The first-order valence-electron chi connectivity index (χ1n) is 13.3. The Kier molecular flexibility index (Phi) is 7.48. The molecule has 1 aliphatic rings. The molecule has 0 fully saturated rings. The van der Waals surface area contributed by atoms with E-state index in [9.17, 15) is 9.00 Å². The number of carbonyl (C=O) groups is 1. The molecule has 0 spiro atoms. The van der Waals surface area contributed by atoms with Crippen molar-refractivity contribution in [2.75, 3.05) is 19.4 Å². The number of aromatic amines is 1. The van der Waals surface area contributed by atoms with Crippen molar-refractivity contribution >= 4 is 43.7 Å². The van der Waals surface area contributed by atoms with Crippen LogP contribution in [0.15, 0.2) is 82.2 Å². The van der Waals surface area contributed by atoms with Gasteiger partial charge in [-0.15, -0.1) is 0 Å². The Labute approximate surface area is 248 Å². The van der Waals surface area contributed by atoms with Gasteiger partial charge in [0.15, 0.2) is 0 Å². The summed E-state index contributed by atoms with van der Waals surface area (Å²) in [5.41, 5.74) is 6.34. The zero-order chi connectivity index (χ0) is 28.7. The van der Waals surface area contributed by atoms with E-state index in [1.165, 1.54) is 12.3 Å². The molecule has 2 heterocycles. The number of aromatic nitrogens is 2. The molecule has 1 aliphatic heterocycles. The highest BCUT2D eigenvalue weighted by atomic mass is 79.9. The molecule has 0 saturated heterocycles. The minimum absolute atomic E-state index is 0.118. The third-order valence-corrected chi connectivity index (χ3v) is 8.79. The van der Waals surface area contributed by atoms with Crippen molar-refractivity contribution in [2.45, 2.75) is 24.8 Å². The number of fused-ring (bicyclic) bond motifs is 2. The van der Waals surface area contributed by atoms with Crippen LogP contribution in [0.5, 0.6) is 5.75 Å². The van der Waals surface area contributed by atoms with Crippen LogP contribution in [0.25, 0.3) is 33.5 Å². The molecule has 1 N–H and O–H groups in total. The van der Waals surface area contributed by atoms with E-state index in [1.54, 1.807) is 17.9 Å². The maximum atomic E-state index is 15.1. The number of benzene rings is 4. The van der Waals surface area contributed by atoms with E-state index in [2.05, 4.69) is 33.0 Å². The van der Waals surface area contributed by atoms with E-state index in [0.717, 1.165) is 49.3 Å². The van der Waals surface area contributed by atoms with E-state index in [0.29, 0.717) is 37.2 Å². The van der Waals surface area contributed by atoms with Gasteiger partial charge in [0.05, 0.1) is 33.3 Å². The molecule has 208 valence electrons. The number of H-pyrrole nitrogens is 1. The summed E-state index contributed by atoms with van der Waals surface area (Å²) in [4.78, 5) is 23.5. The molecular weight excluding hydrogens is 605 g/mol. The Morgan fingerprint density at radius 1 is 1.05 bits per heavy atom. The van der Waals surface area contributed by atoms with E-state index in [1.807, 2.05) is 48.5 Å². The zero-order valence-electron chi connectivity index (χ0n) is 22.5. The fourth-order valence-corrected chi connectivity index (χ4v) is 6.22. The Hall–Kier alpha value is -3.82. The van der Waals surface area contributed by atoms with Gasteiger partial charge in [-0.2, -0.15) is 0 Å². The number of nitrogens with zero attached hydrogens (tertiary/aromatic N) is 2. The predicted molar refractivity (Wildman–Crippen MR) is 163 cm³/mol. The van der Waals surface area contributed by atoms with Crippen LogP contribution in [-0.2, 0) is 23.8 Å². The summed E-state index contributed by atoms with van der Waals surface area (Å²) in [6, 6.07) is 23.2. The first kappa shape index (κ1) is 27.4. The summed E-state index contributed by atoms with van der Waals surface area (Å²) in [6.07, 6.45) is 1.76. The SMILES string of the molecule is CCc1c(C(=O)N2CCOc3ccc(-c4ccc(-c5nc6ccc(Br)cc6[nH]5)cc4)cc3C2)ccc(S(C)=O)c1F. The lowest BCUT2D eigenvalue weighted by atomic mass is 10.00. The Bertz CT molecular complexity index is 1820. The average molecular weight is 633 g/mol. The number of nitrogens with one attached hydrogen (secondary N) is 1. The standard InChI is InChI=1S/C32H27BrFN3O3S/c1-3-24-25(10-13-29(30(24)34)41(2)39)32(38)37-14-15-40-28-12-8-21(16-22(28)18-37)19-4-6-20(7-5-19)31-35-26-11-9-23(33)17-27(26)36-31/h4-13,16-17H,3,14-15,18H2,1-2H3,(H,35,36). The summed E-state index contributed by atoms with van der Waals surface area (Å²) < 4.78 is 34.0. The van der Waals surface area contributed by atoms with Crippen LogP contribution in [0.3, 0.4) is 0 Å². The summed E-state index contributed by atoms with van der Waals surface area (Å²) in [5, 5.41) is 0. The van der Waals surface area contributed by atoms with Crippen LogP contribution in [0, 0.1) is 5.82 Å². The molecule has 0 bridgehead atoms. The first-order chi connectivity index (χ1) is 19.8. The summed E-state index contributed by atoms with van der Waals surface area (Å²) in [6.45, 7) is 2.84. The Balaban J connectivity index is 1.26. The lowest BCUT2D eigenvalue weighted by molar-refractivity contribution is 0.0731. The van der Waals surface area contributed by atoms with Gasteiger partial charge in [0.25, 0.3) is 5.91 Å². The number of amides is 1. The first-order valence-corrected chi connectivity index (χ1v) is 15.6. The molecule has 5 aromatic rings. The number of rotatable bonds is 5. The van der Waals surface area contributed by atoms with Gasteiger partial charge in [-0.3, -0.25) is 9.00 Å². The third-order valence-electron chi connectivity index (χ3n) is 7.36. The fraction of sp³-hybridized carbons (Fsp3) is 0.188. The molecule has 4 aromatic carbocycles. The maximum Gasteiger partial charge on any atom is 0.254 e. The molecule has 1 aromatic heterocycles. The van der Waals surface area contributed by atoms with Crippen molar-refractivity contribution in [3.8, 4) is 28.3 Å². The molecule has 6 rings (SSSR count). The molecule has 1 amide bonds. The van der Waals surface area contributed by atoms with E-state index in [-0.39, 0.29) is 10.8 Å². The van der Waals surface area contributed by atoms with Gasteiger partial charge < -0.3 is 14.6 Å². The minimum Gasteiger partial charge on any atom is -0.491 e. The number of hydrogen-bond donors (Lipinski definition) is 1. The molecule has 9 heteroatoms. The lowest BCUT2D eigenvalue weighted by Crippen LogP contribution is -2.33. The van der Waals surface area contributed by atoms with Gasteiger partial charge >= 0.3 is 0 Å². The quantitative estimate of drug-likeness (QED) is 0.224. The van der Waals surface area contributed by atoms with Crippen molar-refractivity contribution in [3.63, 3.8) is 0 Å². The molecule has 0 radical (unpaired) electrons. The van der Waals surface area contributed by atoms with Gasteiger partial charge in [0.1, 0.15) is 24.0 Å². The highest BCUT2D eigenvalue weighted by Crippen LogP contribution is 2.32. The second kappa shape index (κ2) is 11.2. The highest BCUT2D eigenvalue weighted by Gasteiger charge is 2.25. The van der Waals surface area contributed by atoms with Crippen molar-refractivity contribution in [1.29, 1.82) is 0 Å². The molecular formula is C32H27BrFN3O3S. The number of imidazole rings is 1. The topological polar surface area (TPSA) is 75.3 Å². The molecule has 6 nitrogen and oxygen atoms in total. The normalized spacial score (nSPS) is 13.9. The minimum atomic E-state index is -1.48. The second-order valence-corrected chi connectivity index (χ2v) is 12.2. The largest absolute Gasteiger partial charge is 0.491 e. The predicted octanol–water partition coefficient (Wildman–Crippen LogP) is 7.13. The van der Waals surface area contributed by atoms with Gasteiger partial charge in [-0.25, -0.2) is 9.37 Å². The molecule has 0 aliphatic carbocycles. The number of hydrogen-bond acceptors (Lipinski definition) is 4. The summed E-state index contributed by atoms with van der Waals surface area (Å²) >= 11 is 3.50. The van der Waals surface area contributed by atoms with E-state index < -0.39 is 16.6 Å². The third kappa shape index (κ3) is 5.31. The van der Waals surface area contributed by atoms with E-state index >= 15 is 4.39 Å². The average Bonchev–Trinajstić information content (AvgIpc) is 3.27. The Morgan fingerprint density at radius 3 is 2.56 bits per heavy atom. The van der Waals surface area contributed by atoms with E-state index in [4.69, 9.17) is 9.72 Å². The van der Waals surface area contributed by atoms with Gasteiger partial charge in [0.2, 0.25) is 0 Å². The summed E-state index contributed by atoms with van der Waals surface area (Å²) in [5.74, 6) is 0.702. The van der Waals surface area contributed by atoms with Gasteiger partial charge in [0, 0.05) is 39.5 Å². The van der Waals surface area contributed by atoms with Crippen LogP contribution in [0.4, 0.5) is 4.39 Å². The van der Waals surface area contributed by atoms with Crippen molar-refractivity contribution < 1.29 is 18.1 Å². The van der Waals surface area contributed by atoms with Gasteiger partial charge in [-0.1, -0.05) is 53.2 Å². The maximum absolute atomic E-state index is 15.1. The second-order valence-electron chi connectivity index (χ2n) is 9.93. The highest BCUT2D eigenvalue weighted by molar-refractivity contribution is 9.10. The monoisotopic (exact) mass is 631 g/mol. The Morgan fingerprint density at radius 2 is 1.80 bits per heavy atom. The van der Waals surface area contributed by atoms with Crippen LogP contribution < -0.4 is 4.74 Å². The van der Waals surface area contributed by atoms with Crippen LogP contribution in [0.1, 0.15) is 28.4 Å². The number of carbonyl (C=O) groups excluding carboxylic acids is 1. The number of ether oxygens (including phenoxy) is 1. The molecule has 1 unspecified atom stereocenters. The molecule has 41 heavy (non-hydrogen) atoms. The number of halogens is 2. The van der Waals surface area contributed by atoms with Gasteiger partial charge in [-0.05, 0) is 60.0 Å². The lowest BCUT2D eigenvalue weighted by Gasteiger charge is -2.22. The molecule has 1 atom stereocenters. The smallest absolute Gasteiger partial charge is 0.254 e. The van der Waals surface area contributed by atoms with Crippen molar-refractivity contribution in [1.82, 2.24) is 14.9 Å². The molecule has 0 saturated carbocycles. The van der Waals surface area contributed by atoms with Crippen LogP contribution in [-0.4, -0.2) is 44.4 Å². The van der Waals surface area contributed by atoms with Crippen LogP contribution in [0.2, 0.25) is 0 Å². The van der Waals surface area contributed by atoms with Crippen LogP contribution >= 0.6 is 15.9 Å². The fourth-order valence-electron chi connectivity index (χ4n) is 5.22. The van der Waals surface area contributed by atoms with Crippen molar-refractivity contribution in [2.24, 2.45) is 0 Å². The van der Waals surface area contributed by atoms with Crippen molar-refractivity contribution in [3.05, 3.63) is 99.8 Å². The zero-order valence-corrected chi connectivity index (χ0v) is 24.9.